The molecule has 0 aliphatic heterocycles. The van der Waals surface area contributed by atoms with Gasteiger partial charge in [-0.05, 0) is 56.3 Å². The first-order valence-electron chi connectivity index (χ1n) is 8.75. The summed E-state index contributed by atoms with van der Waals surface area (Å²) in [4.78, 5) is 17.0. The van der Waals surface area contributed by atoms with E-state index in [-0.39, 0.29) is 16.6 Å². The van der Waals surface area contributed by atoms with Crippen molar-refractivity contribution >= 4 is 35.2 Å². The number of carbonyl (C=O) groups is 1. The Morgan fingerprint density at radius 2 is 1.93 bits per heavy atom. The molecule has 1 aromatic heterocycles. The summed E-state index contributed by atoms with van der Waals surface area (Å²) in [5, 5.41) is 16.4. The number of Topliss-reactive ketones (excluding diaryl/α,β-unsaturated/α-hetero) is 1. The number of ketones is 1. The largest absolute Gasteiger partial charge is 0.624 e. The minimum absolute atomic E-state index is 0.163. The summed E-state index contributed by atoms with van der Waals surface area (Å²) in [6.07, 6.45) is 3.06. The van der Waals surface area contributed by atoms with Gasteiger partial charge in [-0.25, -0.2) is 14.4 Å². The number of rotatable bonds is 7. The molecule has 3 rings (SSSR count). The summed E-state index contributed by atoms with van der Waals surface area (Å²) >= 11 is 12.1. The molecule has 7 nitrogen and oxygen atoms in total. The third kappa shape index (κ3) is 5.13. The first-order chi connectivity index (χ1) is 13.8. The molecule has 1 atom stereocenters. The van der Waals surface area contributed by atoms with E-state index in [2.05, 4.69) is 10.1 Å². The van der Waals surface area contributed by atoms with Crippen LogP contribution in [-0.2, 0) is 0 Å². The standard InChI is InChI=1S/C20H18Cl2N4O3/c1-13(2)26(28)10-14-3-6-16(7-4-14)29-20(25-12-23-11-24-25)19(27)17-8-5-15(21)9-18(17)22/h3-13,20H,1-2H3/b26-10+/t20-/m1/s1. The van der Waals surface area contributed by atoms with Gasteiger partial charge in [-0.2, -0.15) is 5.10 Å². The van der Waals surface area contributed by atoms with Crippen molar-refractivity contribution in [2.24, 2.45) is 0 Å². The molecule has 0 spiro atoms. The molecule has 0 fully saturated rings. The van der Waals surface area contributed by atoms with Crippen LogP contribution in [0.5, 0.6) is 5.75 Å². The number of benzene rings is 2. The average molecular weight is 433 g/mol. The molecule has 0 N–H and O–H groups in total. The van der Waals surface area contributed by atoms with E-state index >= 15 is 0 Å². The quantitative estimate of drug-likeness (QED) is 0.182. The number of hydroxylamine groups is 1. The Hall–Kier alpha value is -2.90. The lowest BCUT2D eigenvalue weighted by atomic mass is 10.1. The molecule has 0 saturated carbocycles. The summed E-state index contributed by atoms with van der Waals surface area (Å²) in [5.41, 5.74) is 0.964. The minimum atomic E-state index is -1.11. The first-order valence-corrected chi connectivity index (χ1v) is 9.51. The normalized spacial score (nSPS) is 12.8. The van der Waals surface area contributed by atoms with Gasteiger partial charge in [-0.15, -0.1) is 0 Å². The van der Waals surface area contributed by atoms with Crippen LogP contribution < -0.4 is 4.74 Å². The Bertz CT molecular complexity index is 1020. The van der Waals surface area contributed by atoms with Crippen molar-refractivity contribution in [3.63, 3.8) is 0 Å². The van der Waals surface area contributed by atoms with Crippen molar-refractivity contribution in [2.45, 2.75) is 26.1 Å². The molecular formula is C20H18Cl2N4O3. The number of hydrogen-bond acceptors (Lipinski definition) is 5. The molecule has 0 aliphatic carbocycles. The van der Waals surface area contributed by atoms with Crippen molar-refractivity contribution in [3.8, 4) is 5.75 Å². The van der Waals surface area contributed by atoms with Gasteiger partial charge >= 0.3 is 0 Å². The number of aromatic nitrogens is 3. The van der Waals surface area contributed by atoms with Crippen LogP contribution >= 0.6 is 23.2 Å². The lowest BCUT2D eigenvalue weighted by Gasteiger charge is -2.18. The van der Waals surface area contributed by atoms with Crippen molar-refractivity contribution in [2.75, 3.05) is 0 Å². The molecule has 0 aliphatic rings. The number of halogens is 2. The van der Waals surface area contributed by atoms with E-state index in [1.165, 1.54) is 35.7 Å². The van der Waals surface area contributed by atoms with E-state index in [1.54, 1.807) is 44.2 Å². The maximum Gasteiger partial charge on any atom is 0.256 e. The van der Waals surface area contributed by atoms with Gasteiger partial charge in [-0.1, -0.05) is 23.2 Å². The molecule has 150 valence electrons. The van der Waals surface area contributed by atoms with E-state index in [4.69, 9.17) is 27.9 Å². The van der Waals surface area contributed by atoms with Crippen LogP contribution in [0.15, 0.2) is 55.1 Å². The lowest BCUT2D eigenvalue weighted by molar-refractivity contribution is -0.487. The number of carbonyl (C=O) groups excluding carboxylic acids is 1. The molecule has 2 aromatic carbocycles. The average Bonchev–Trinajstić information content (AvgIpc) is 3.21. The van der Waals surface area contributed by atoms with Crippen LogP contribution in [0.1, 0.15) is 36.0 Å². The molecule has 3 aromatic rings. The highest BCUT2D eigenvalue weighted by molar-refractivity contribution is 6.36. The van der Waals surface area contributed by atoms with Crippen molar-refractivity contribution in [1.29, 1.82) is 0 Å². The summed E-state index contributed by atoms with van der Waals surface area (Å²) in [6, 6.07) is 11.2. The monoisotopic (exact) mass is 432 g/mol. The van der Waals surface area contributed by atoms with Gasteiger partial charge in [0.2, 0.25) is 5.78 Å². The molecule has 29 heavy (non-hydrogen) atoms. The van der Waals surface area contributed by atoms with Gasteiger partial charge in [-0.3, -0.25) is 4.79 Å². The SMILES string of the molecule is CC(C)/[N+]([O-])=C\c1ccc(O[C@H](C(=O)c2ccc(Cl)cc2Cl)n2cncn2)cc1. The maximum atomic E-state index is 13.1. The van der Waals surface area contributed by atoms with Crippen LogP contribution in [-0.4, -0.2) is 37.5 Å². The second-order valence-electron chi connectivity index (χ2n) is 6.49. The molecule has 9 heteroatoms. The molecular weight excluding hydrogens is 415 g/mol. The van der Waals surface area contributed by atoms with Crippen molar-refractivity contribution in [3.05, 3.63) is 81.5 Å². The second kappa shape index (κ2) is 9.07. The van der Waals surface area contributed by atoms with Crippen molar-refractivity contribution in [1.82, 2.24) is 14.8 Å². The Balaban J connectivity index is 1.87. The molecule has 0 bridgehead atoms. The van der Waals surface area contributed by atoms with Crippen LogP contribution in [0, 0.1) is 5.21 Å². The van der Waals surface area contributed by atoms with Crippen LogP contribution in [0.2, 0.25) is 10.0 Å². The third-order valence-corrected chi connectivity index (χ3v) is 4.56. The Kier molecular flexibility index (Phi) is 6.51. The molecule has 0 unspecified atom stereocenters. The van der Waals surface area contributed by atoms with E-state index in [1.807, 2.05) is 0 Å². The van der Waals surface area contributed by atoms with Gasteiger partial charge < -0.3 is 9.94 Å². The maximum absolute atomic E-state index is 13.1. The highest BCUT2D eigenvalue weighted by Crippen LogP contribution is 2.26. The van der Waals surface area contributed by atoms with E-state index in [9.17, 15) is 10.0 Å². The van der Waals surface area contributed by atoms with Gasteiger partial charge in [0, 0.05) is 16.1 Å². The van der Waals surface area contributed by atoms with Gasteiger partial charge in [0.1, 0.15) is 18.4 Å². The van der Waals surface area contributed by atoms with Crippen molar-refractivity contribution < 1.29 is 14.3 Å². The summed E-state index contributed by atoms with van der Waals surface area (Å²) < 4.78 is 8.04. The summed E-state index contributed by atoms with van der Waals surface area (Å²) in [6.45, 7) is 3.61. The van der Waals surface area contributed by atoms with E-state index in [0.717, 1.165) is 4.74 Å². The fourth-order valence-electron chi connectivity index (χ4n) is 2.45. The third-order valence-electron chi connectivity index (χ3n) is 4.01. The minimum Gasteiger partial charge on any atom is -0.624 e. The smallest absolute Gasteiger partial charge is 0.256 e. The molecule has 0 amide bonds. The second-order valence-corrected chi connectivity index (χ2v) is 7.33. The van der Waals surface area contributed by atoms with E-state index < -0.39 is 12.0 Å². The van der Waals surface area contributed by atoms with Crippen LogP contribution in [0.3, 0.4) is 0 Å². The molecule has 0 radical (unpaired) electrons. The predicted molar refractivity (Wildman–Crippen MR) is 111 cm³/mol. The fraction of sp³-hybridized carbons (Fsp3) is 0.200. The summed E-state index contributed by atoms with van der Waals surface area (Å²) in [7, 11) is 0. The number of ether oxygens (including phenoxy) is 1. The summed E-state index contributed by atoms with van der Waals surface area (Å²) in [5.74, 6) is 0.0152. The Morgan fingerprint density at radius 3 is 2.52 bits per heavy atom. The Morgan fingerprint density at radius 1 is 1.21 bits per heavy atom. The molecule has 1 heterocycles. The fourth-order valence-corrected chi connectivity index (χ4v) is 2.95. The zero-order chi connectivity index (χ0) is 21.0. The van der Waals surface area contributed by atoms with Crippen LogP contribution in [0.4, 0.5) is 0 Å². The lowest BCUT2D eigenvalue weighted by Crippen LogP contribution is -2.26. The Labute approximate surface area is 177 Å². The van der Waals surface area contributed by atoms with Gasteiger partial charge in [0.15, 0.2) is 12.3 Å². The van der Waals surface area contributed by atoms with Gasteiger partial charge in [0.25, 0.3) is 6.23 Å². The molecule has 0 saturated heterocycles. The van der Waals surface area contributed by atoms with E-state index in [0.29, 0.717) is 16.3 Å². The highest BCUT2D eigenvalue weighted by Gasteiger charge is 2.26. The highest BCUT2D eigenvalue weighted by atomic mass is 35.5. The first kappa shape index (κ1) is 20.8. The van der Waals surface area contributed by atoms with Crippen LogP contribution in [0.25, 0.3) is 0 Å². The predicted octanol–water partition coefficient (Wildman–Crippen LogP) is 4.38. The van der Waals surface area contributed by atoms with Gasteiger partial charge in [0.05, 0.1) is 5.02 Å². The number of hydrogen-bond donors (Lipinski definition) is 0. The zero-order valence-corrected chi connectivity index (χ0v) is 17.2. The zero-order valence-electron chi connectivity index (χ0n) is 15.7. The topological polar surface area (TPSA) is 83.1 Å². The number of nitrogens with zero attached hydrogens (tertiary/aromatic N) is 4.